The van der Waals surface area contributed by atoms with Crippen molar-refractivity contribution >= 4 is 12.1 Å². The fraction of sp³-hybridized carbons (Fsp3) is 0.769. The van der Waals surface area contributed by atoms with Gasteiger partial charge < -0.3 is 14.4 Å². The number of hydrogen-bond donors (Lipinski definition) is 0. The van der Waals surface area contributed by atoms with Crippen molar-refractivity contribution < 1.29 is 19.1 Å². The summed E-state index contributed by atoms with van der Waals surface area (Å²) in [5.41, 5.74) is -1.20. The highest BCUT2D eigenvalue weighted by molar-refractivity contribution is 5.71. The molecule has 1 fully saturated rings. The molecule has 1 heterocycles. The molecule has 106 valence electrons. The number of esters is 1. The third kappa shape index (κ3) is 4.12. The lowest BCUT2D eigenvalue weighted by Crippen LogP contribution is -2.58. The quantitative estimate of drug-likeness (QED) is 0.728. The molecule has 1 aliphatic heterocycles. The van der Waals surface area contributed by atoms with Crippen molar-refractivity contribution in [2.24, 2.45) is 5.41 Å². The maximum absolute atomic E-state index is 11.7. The molecule has 0 spiro atoms. The molecule has 0 N–H and O–H groups in total. The zero-order valence-electron chi connectivity index (χ0n) is 11.9. The summed E-state index contributed by atoms with van der Waals surface area (Å²) in [7, 11) is 1.31. The van der Waals surface area contributed by atoms with Gasteiger partial charge in [-0.05, 0) is 27.2 Å². The van der Waals surface area contributed by atoms with Crippen LogP contribution in [0.2, 0.25) is 0 Å². The zero-order chi connectivity index (χ0) is 14.7. The highest BCUT2D eigenvalue weighted by atomic mass is 16.6. The number of nitriles is 1. The van der Waals surface area contributed by atoms with E-state index in [1.807, 2.05) is 0 Å². The van der Waals surface area contributed by atoms with Gasteiger partial charge in [0.1, 0.15) is 5.60 Å². The number of rotatable bonds is 3. The van der Waals surface area contributed by atoms with Crippen LogP contribution in [0.5, 0.6) is 0 Å². The number of likely N-dealkylation sites (tertiary alicyclic amines) is 1. The summed E-state index contributed by atoms with van der Waals surface area (Å²) in [6.07, 6.45) is 0.165. The Morgan fingerprint density at radius 3 is 2.37 bits per heavy atom. The molecule has 6 heteroatoms. The molecule has 0 aromatic heterocycles. The SMILES string of the molecule is COC(=O)CCC1(C#N)CN(C(=O)OC(C)(C)C)C1. The Labute approximate surface area is 113 Å². The molecule has 1 rings (SSSR count). The zero-order valence-corrected chi connectivity index (χ0v) is 11.9. The van der Waals surface area contributed by atoms with Crippen LogP contribution in [-0.4, -0.2) is 42.8 Å². The van der Waals surface area contributed by atoms with Gasteiger partial charge in [-0.15, -0.1) is 0 Å². The molecule has 6 nitrogen and oxygen atoms in total. The summed E-state index contributed by atoms with van der Waals surface area (Å²) >= 11 is 0. The first-order valence-electron chi connectivity index (χ1n) is 6.17. The fourth-order valence-corrected chi connectivity index (χ4v) is 1.87. The summed E-state index contributed by atoms with van der Waals surface area (Å²) in [6, 6.07) is 2.18. The lowest BCUT2D eigenvalue weighted by atomic mass is 9.77. The van der Waals surface area contributed by atoms with Gasteiger partial charge in [0.2, 0.25) is 0 Å². The predicted octanol–water partition coefficient (Wildman–Crippen LogP) is 1.70. The Balaban J connectivity index is 2.47. The second kappa shape index (κ2) is 5.47. The molecular weight excluding hydrogens is 248 g/mol. The summed E-state index contributed by atoms with van der Waals surface area (Å²) in [5, 5.41) is 9.17. The van der Waals surface area contributed by atoms with Crippen LogP contribution in [0.4, 0.5) is 4.79 Å². The Morgan fingerprint density at radius 1 is 1.37 bits per heavy atom. The minimum atomic E-state index is -0.648. The fourth-order valence-electron chi connectivity index (χ4n) is 1.87. The van der Waals surface area contributed by atoms with Crippen molar-refractivity contribution in [2.75, 3.05) is 20.2 Å². The van der Waals surface area contributed by atoms with Gasteiger partial charge in [0, 0.05) is 19.5 Å². The van der Waals surface area contributed by atoms with E-state index in [1.165, 1.54) is 12.0 Å². The molecule has 0 radical (unpaired) electrons. The van der Waals surface area contributed by atoms with E-state index in [0.717, 1.165) is 0 Å². The summed E-state index contributed by atoms with van der Waals surface area (Å²) in [5.74, 6) is -0.342. The molecule has 1 amide bonds. The van der Waals surface area contributed by atoms with Gasteiger partial charge in [0.15, 0.2) is 0 Å². The highest BCUT2D eigenvalue weighted by Crippen LogP contribution is 2.35. The highest BCUT2D eigenvalue weighted by Gasteiger charge is 2.47. The van der Waals surface area contributed by atoms with Crippen LogP contribution in [-0.2, 0) is 14.3 Å². The van der Waals surface area contributed by atoms with Crippen LogP contribution in [0.3, 0.4) is 0 Å². The molecule has 0 aromatic rings. The monoisotopic (exact) mass is 268 g/mol. The van der Waals surface area contributed by atoms with E-state index in [0.29, 0.717) is 19.5 Å². The number of methoxy groups -OCH3 is 1. The average molecular weight is 268 g/mol. The maximum atomic E-state index is 11.7. The van der Waals surface area contributed by atoms with Crippen LogP contribution in [0.15, 0.2) is 0 Å². The smallest absolute Gasteiger partial charge is 0.410 e. The Hall–Kier alpha value is -1.77. The van der Waals surface area contributed by atoms with E-state index in [-0.39, 0.29) is 12.4 Å². The normalized spacial score (nSPS) is 17.1. The second-order valence-electron chi connectivity index (χ2n) is 5.80. The van der Waals surface area contributed by atoms with Crippen molar-refractivity contribution in [1.82, 2.24) is 4.90 Å². The third-order valence-corrected chi connectivity index (χ3v) is 2.91. The summed E-state index contributed by atoms with van der Waals surface area (Å²) in [4.78, 5) is 24.3. The molecular formula is C13H20N2O4. The first-order chi connectivity index (χ1) is 8.71. The van der Waals surface area contributed by atoms with Crippen molar-refractivity contribution in [2.45, 2.75) is 39.2 Å². The molecule has 0 saturated carbocycles. The van der Waals surface area contributed by atoms with Crippen molar-refractivity contribution in [3.8, 4) is 6.07 Å². The van der Waals surface area contributed by atoms with Crippen LogP contribution in [0, 0.1) is 16.7 Å². The van der Waals surface area contributed by atoms with Gasteiger partial charge in [0.25, 0.3) is 0 Å². The van der Waals surface area contributed by atoms with Crippen molar-refractivity contribution in [3.63, 3.8) is 0 Å². The van der Waals surface area contributed by atoms with E-state index in [2.05, 4.69) is 10.8 Å². The maximum Gasteiger partial charge on any atom is 0.410 e. The first-order valence-corrected chi connectivity index (χ1v) is 6.17. The van der Waals surface area contributed by atoms with E-state index >= 15 is 0 Å². The van der Waals surface area contributed by atoms with Crippen molar-refractivity contribution in [3.05, 3.63) is 0 Å². The molecule has 0 aromatic carbocycles. The molecule has 1 aliphatic rings. The number of carbonyl (C=O) groups excluding carboxylic acids is 2. The third-order valence-electron chi connectivity index (χ3n) is 2.91. The average Bonchev–Trinajstić information content (AvgIpc) is 2.25. The number of nitrogens with zero attached hydrogens (tertiary/aromatic N) is 2. The summed E-state index contributed by atoms with van der Waals surface area (Å²) in [6.45, 7) is 5.98. The van der Waals surface area contributed by atoms with Crippen LogP contribution < -0.4 is 0 Å². The van der Waals surface area contributed by atoms with Crippen molar-refractivity contribution in [1.29, 1.82) is 5.26 Å². The second-order valence-corrected chi connectivity index (χ2v) is 5.80. The lowest BCUT2D eigenvalue weighted by Gasteiger charge is -2.45. The molecule has 0 atom stereocenters. The minimum Gasteiger partial charge on any atom is -0.469 e. The first kappa shape index (κ1) is 15.3. The minimum absolute atomic E-state index is 0.187. The Kier molecular flexibility index (Phi) is 4.40. The topological polar surface area (TPSA) is 79.6 Å². The number of amides is 1. The van der Waals surface area contributed by atoms with Crippen LogP contribution in [0.1, 0.15) is 33.6 Å². The molecule has 0 bridgehead atoms. The molecule has 1 saturated heterocycles. The van der Waals surface area contributed by atoms with E-state index in [4.69, 9.17) is 4.74 Å². The van der Waals surface area contributed by atoms with Gasteiger partial charge in [0.05, 0.1) is 18.6 Å². The predicted molar refractivity (Wildman–Crippen MR) is 67.1 cm³/mol. The van der Waals surface area contributed by atoms with Gasteiger partial charge >= 0.3 is 12.1 Å². The van der Waals surface area contributed by atoms with E-state index < -0.39 is 17.1 Å². The lowest BCUT2D eigenvalue weighted by molar-refractivity contribution is -0.141. The molecule has 0 aliphatic carbocycles. The standard InChI is InChI=1S/C13H20N2O4/c1-12(2,3)19-11(17)15-8-13(7-14,9-15)6-5-10(16)18-4/h5-6,8-9H2,1-4H3. The van der Waals surface area contributed by atoms with Crippen LogP contribution in [0.25, 0.3) is 0 Å². The van der Waals surface area contributed by atoms with E-state index in [1.54, 1.807) is 20.8 Å². The van der Waals surface area contributed by atoms with Gasteiger partial charge in [-0.2, -0.15) is 5.26 Å². The van der Waals surface area contributed by atoms with Gasteiger partial charge in [-0.25, -0.2) is 4.79 Å². The largest absolute Gasteiger partial charge is 0.469 e. The van der Waals surface area contributed by atoms with Gasteiger partial charge in [-0.1, -0.05) is 0 Å². The van der Waals surface area contributed by atoms with Crippen LogP contribution >= 0.6 is 0 Å². The Bertz CT molecular complexity index is 400. The van der Waals surface area contributed by atoms with Gasteiger partial charge in [-0.3, -0.25) is 4.79 Å². The summed E-state index contributed by atoms with van der Waals surface area (Å²) < 4.78 is 9.76. The Morgan fingerprint density at radius 2 is 1.95 bits per heavy atom. The molecule has 0 unspecified atom stereocenters. The molecule has 19 heavy (non-hydrogen) atoms. The number of carbonyl (C=O) groups is 2. The van der Waals surface area contributed by atoms with E-state index in [9.17, 15) is 14.9 Å². The number of hydrogen-bond acceptors (Lipinski definition) is 5. The number of ether oxygens (including phenoxy) is 2.